The van der Waals surface area contributed by atoms with Crippen LogP contribution in [0.2, 0.25) is 6.82 Å². The van der Waals surface area contributed by atoms with Crippen LogP contribution in [-0.2, 0) is 0 Å². The van der Waals surface area contributed by atoms with Gasteiger partial charge in [0.2, 0.25) is 0 Å². The number of nitrogens with zero attached hydrogens (tertiary/aromatic N) is 5. The first-order valence-electron chi connectivity index (χ1n) is 10.4. The maximum Gasteiger partial charge on any atom is 0.376 e. The van der Waals surface area contributed by atoms with Crippen molar-refractivity contribution in [3.63, 3.8) is 0 Å². The molecule has 0 bridgehead atoms. The lowest BCUT2D eigenvalue weighted by Crippen LogP contribution is -2.51. The number of pyridine rings is 1. The summed E-state index contributed by atoms with van der Waals surface area (Å²) in [7, 11) is 1.14. The third-order valence-corrected chi connectivity index (χ3v) is 5.47. The Morgan fingerprint density at radius 3 is 2.53 bits per heavy atom. The number of carbonyl (C=O) groups excluding carboxylic acids is 1. The van der Waals surface area contributed by atoms with E-state index in [0.29, 0.717) is 11.5 Å². The Labute approximate surface area is 187 Å². The Bertz CT molecular complexity index is 1070. The molecule has 1 fully saturated rings. The molecule has 1 aliphatic heterocycles. The predicted molar refractivity (Wildman–Crippen MR) is 124 cm³/mol. The number of nitrogens with one attached hydrogen (secondary N) is 1. The molecule has 1 saturated heterocycles. The molecule has 0 unspecified atom stereocenters. The summed E-state index contributed by atoms with van der Waals surface area (Å²) in [6.45, 7) is 4.74. The molecule has 1 amide bonds. The molecule has 2 aromatic heterocycles. The summed E-state index contributed by atoms with van der Waals surface area (Å²) < 4.78 is 5.18. The first-order chi connectivity index (χ1) is 15.5. The van der Waals surface area contributed by atoms with E-state index in [2.05, 4.69) is 25.2 Å². The number of anilines is 2. The number of piperazine rings is 1. The highest BCUT2D eigenvalue weighted by atomic mass is 16.5. The fourth-order valence-electron chi connectivity index (χ4n) is 3.65. The molecule has 0 spiro atoms. The van der Waals surface area contributed by atoms with Gasteiger partial charge in [0, 0.05) is 44.1 Å². The van der Waals surface area contributed by atoms with Gasteiger partial charge in [0.1, 0.15) is 11.4 Å². The van der Waals surface area contributed by atoms with Crippen molar-refractivity contribution in [2.45, 2.75) is 6.82 Å². The molecule has 2 N–H and O–H groups in total. The predicted octanol–water partition coefficient (Wildman–Crippen LogP) is 2.03. The van der Waals surface area contributed by atoms with Crippen molar-refractivity contribution < 1.29 is 14.6 Å². The smallest absolute Gasteiger partial charge is 0.376 e. The van der Waals surface area contributed by atoms with E-state index in [1.807, 2.05) is 35.1 Å². The molecule has 164 valence electrons. The zero-order valence-corrected chi connectivity index (χ0v) is 18.1. The van der Waals surface area contributed by atoms with Gasteiger partial charge in [-0.2, -0.15) is 0 Å². The zero-order chi connectivity index (χ0) is 22.5. The van der Waals surface area contributed by atoms with Crippen LogP contribution in [-0.4, -0.2) is 71.0 Å². The average Bonchev–Trinajstić information content (AvgIpc) is 2.84. The molecule has 3 heterocycles. The monoisotopic (exact) mass is 432 g/mol. The van der Waals surface area contributed by atoms with Crippen LogP contribution in [0.5, 0.6) is 5.75 Å². The fourth-order valence-corrected chi connectivity index (χ4v) is 3.65. The van der Waals surface area contributed by atoms with Crippen LogP contribution in [0.1, 0.15) is 10.5 Å². The Kier molecular flexibility index (Phi) is 6.62. The summed E-state index contributed by atoms with van der Waals surface area (Å²) in [6, 6.07) is 10.8. The lowest BCUT2D eigenvalue weighted by Gasteiger charge is -2.37. The summed E-state index contributed by atoms with van der Waals surface area (Å²) in [6.07, 6.45) is 4.92. The highest BCUT2D eigenvalue weighted by molar-refractivity contribution is 6.45. The minimum Gasteiger partial charge on any atom is -0.497 e. The second-order valence-electron chi connectivity index (χ2n) is 7.50. The maximum absolute atomic E-state index is 13.0. The molecule has 9 nitrogen and oxygen atoms in total. The van der Waals surface area contributed by atoms with Gasteiger partial charge >= 0.3 is 7.05 Å². The Balaban J connectivity index is 1.50. The number of rotatable bonds is 6. The van der Waals surface area contributed by atoms with Crippen LogP contribution >= 0.6 is 0 Å². The fraction of sp³-hybridized carbons (Fsp3) is 0.273. The number of ether oxygens (including phenoxy) is 1. The van der Waals surface area contributed by atoms with Gasteiger partial charge < -0.3 is 24.8 Å². The highest BCUT2D eigenvalue weighted by Gasteiger charge is 2.24. The molecular weight excluding hydrogens is 407 g/mol. The van der Waals surface area contributed by atoms with Gasteiger partial charge in [-0.05, 0) is 43.2 Å². The van der Waals surface area contributed by atoms with Crippen LogP contribution in [0.15, 0.2) is 55.0 Å². The van der Waals surface area contributed by atoms with Crippen LogP contribution < -0.4 is 15.0 Å². The third kappa shape index (κ3) is 4.87. The van der Waals surface area contributed by atoms with E-state index in [1.54, 1.807) is 38.6 Å². The molecular formula is C22H25BN6O3. The van der Waals surface area contributed by atoms with Crippen molar-refractivity contribution in [3.8, 4) is 17.1 Å². The van der Waals surface area contributed by atoms with Crippen LogP contribution in [0.25, 0.3) is 11.4 Å². The van der Waals surface area contributed by atoms with Crippen molar-refractivity contribution >= 4 is 24.3 Å². The third-order valence-electron chi connectivity index (χ3n) is 5.47. The van der Waals surface area contributed by atoms with Crippen molar-refractivity contribution in [1.82, 2.24) is 19.8 Å². The number of benzene rings is 1. The molecule has 0 aliphatic carbocycles. The van der Waals surface area contributed by atoms with Gasteiger partial charge in [-0.3, -0.25) is 9.78 Å². The molecule has 4 rings (SSSR count). The topological polar surface area (TPSA) is 104 Å². The van der Waals surface area contributed by atoms with E-state index in [1.165, 1.54) is 0 Å². The number of amides is 1. The lowest BCUT2D eigenvalue weighted by atomic mass is 9.84. The van der Waals surface area contributed by atoms with Crippen molar-refractivity contribution in [3.05, 3.63) is 60.7 Å². The number of hydrogen-bond donors (Lipinski definition) is 2. The Morgan fingerprint density at radius 1 is 1.09 bits per heavy atom. The molecule has 0 radical (unpaired) electrons. The zero-order valence-electron chi connectivity index (χ0n) is 18.1. The molecule has 32 heavy (non-hydrogen) atoms. The Hall–Kier alpha value is -3.50. The van der Waals surface area contributed by atoms with Gasteiger partial charge in [0.25, 0.3) is 5.91 Å². The standard InChI is InChI=1S/C22H25BN6O3/c1-23(31)29-13-11-28(12-14-29)20-8-9-24-15-19(20)27-22(30)18-7-10-25-21(26-18)16-3-5-17(32-2)6-4-16/h3-10,15,31H,11-14H2,1-2H3,(H,27,30). The van der Waals surface area contributed by atoms with Crippen LogP contribution in [0, 0.1) is 0 Å². The summed E-state index contributed by atoms with van der Waals surface area (Å²) in [5, 5.41) is 12.7. The average molecular weight is 432 g/mol. The first-order valence-corrected chi connectivity index (χ1v) is 10.4. The molecule has 1 aromatic carbocycles. The highest BCUT2D eigenvalue weighted by Crippen LogP contribution is 2.26. The van der Waals surface area contributed by atoms with Gasteiger partial charge in [-0.1, -0.05) is 0 Å². The Morgan fingerprint density at radius 2 is 1.84 bits per heavy atom. The summed E-state index contributed by atoms with van der Waals surface area (Å²) in [4.78, 5) is 30.1. The minimum absolute atomic E-state index is 0.263. The lowest BCUT2D eigenvalue weighted by molar-refractivity contribution is 0.102. The summed E-state index contributed by atoms with van der Waals surface area (Å²) in [5.41, 5.74) is 2.56. The molecule has 3 aromatic rings. The number of methoxy groups -OCH3 is 1. The molecule has 1 aliphatic rings. The maximum atomic E-state index is 13.0. The number of hydrogen-bond acceptors (Lipinski definition) is 8. The molecule has 10 heteroatoms. The molecule has 0 atom stereocenters. The molecule has 0 saturated carbocycles. The van der Waals surface area contributed by atoms with Gasteiger partial charge in [-0.25, -0.2) is 9.97 Å². The summed E-state index contributed by atoms with van der Waals surface area (Å²) >= 11 is 0. The van der Waals surface area contributed by atoms with E-state index in [0.717, 1.165) is 43.2 Å². The van der Waals surface area contributed by atoms with Gasteiger partial charge in [-0.15, -0.1) is 0 Å². The van der Waals surface area contributed by atoms with E-state index in [4.69, 9.17) is 4.74 Å². The van der Waals surface area contributed by atoms with Crippen molar-refractivity contribution in [2.24, 2.45) is 0 Å². The second-order valence-corrected chi connectivity index (χ2v) is 7.50. The van der Waals surface area contributed by atoms with E-state index in [-0.39, 0.29) is 11.6 Å². The van der Waals surface area contributed by atoms with E-state index < -0.39 is 7.05 Å². The van der Waals surface area contributed by atoms with Crippen LogP contribution in [0.4, 0.5) is 11.4 Å². The SMILES string of the molecule is COc1ccc(-c2nccc(C(=O)Nc3cnccc3N3CCN(B(C)O)CC3)n2)cc1. The van der Waals surface area contributed by atoms with Gasteiger partial charge in [0.15, 0.2) is 5.82 Å². The normalized spacial score (nSPS) is 14.2. The minimum atomic E-state index is -0.466. The van der Waals surface area contributed by atoms with E-state index in [9.17, 15) is 9.82 Å². The van der Waals surface area contributed by atoms with Crippen LogP contribution in [0.3, 0.4) is 0 Å². The van der Waals surface area contributed by atoms with E-state index >= 15 is 0 Å². The van der Waals surface area contributed by atoms with Gasteiger partial charge in [0.05, 0.1) is 24.7 Å². The number of carbonyl (C=O) groups is 1. The number of aromatic nitrogens is 3. The quantitative estimate of drug-likeness (QED) is 0.571. The van der Waals surface area contributed by atoms with Crippen molar-refractivity contribution in [2.75, 3.05) is 43.5 Å². The van der Waals surface area contributed by atoms with Crippen molar-refractivity contribution in [1.29, 1.82) is 0 Å². The summed E-state index contributed by atoms with van der Waals surface area (Å²) in [5.74, 6) is 0.862. The largest absolute Gasteiger partial charge is 0.497 e. The second kappa shape index (κ2) is 9.76. The first kappa shape index (κ1) is 21.7.